The van der Waals surface area contributed by atoms with Crippen LogP contribution < -0.4 is 0 Å². The highest BCUT2D eigenvalue weighted by atomic mass is 79.9. The zero-order valence-electron chi connectivity index (χ0n) is 14.1. The first-order chi connectivity index (χ1) is 12.4. The molecule has 0 aliphatic heterocycles. The molecule has 0 saturated heterocycles. The van der Waals surface area contributed by atoms with Crippen LogP contribution in [0.25, 0.3) is 16.9 Å². The van der Waals surface area contributed by atoms with E-state index < -0.39 is 5.97 Å². The highest BCUT2D eigenvalue weighted by Gasteiger charge is 2.23. The van der Waals surface area contributed by atoms with E-state index in [9.17, 15) is 4.79 Å². The fraction of sp³-hybridized carbons (Fsp3) is 0.158. The number of carbonyl (C=O) groups excluding carboxylic acids is 1. The zero-order chi connectivity index (χ0) is 18.8. The van der Waals surface area contributed by atoms with Crippen molar-refractivity contribution in [1.82, 2.24) is 9.78 Å². The molecule has 0 spiro atoms. The first-order valence-electron chi connectivity index (χ1n) is 7.90. The molecule has 0 atom stereocenters. The molecule has 0 saturated carbocycles. The number of hydrogen-bond acceptors (Lipinski definition) is 3. The number of rotatable bonds is 4. The summed E-state index contributed by atoms with van der Waals surface area (Å²) in [6.45, 7) is 3.88. The Kier molecular flexibility index (Phi) is 5.70. The molecule has 0 N–H and O–H groups in total. The third-order valence-corrected chi connectivity index (χ3v) is 4.89. The van der Waals surface area contributed by atoms with Gasteiger partial charge < -0.3 is 4.74 Å². The first-order valence-corrected chi connectivity index (χ1v) is 9.45. The summed E-state index contributed by atoms with van der Waals surface area (Å²) in [5.74, 6) is -0.466. The molecule has 0 amide bonds. The number of aromatic nitrogens is 2. The largest absolute Gasteiger partial charge is 0.461 e. The zero-order valence-corrected chi connectivity index (χ0v) is 17.2. The molecular formula is C19H15BrCl2N2O2. The molecule has 0 bridgehead atoms. The van der Waals surface area contributed by atoms with Crippen LogP contribution in [-0.4, -0.2) is 22.4 Å². The van der Waals surface area contributed by atoms with Gasteiger partial charge in [0.1, 0.15) is 0 Å². The van der Waals surface area contributed by atoms with Crippen molar-refractivity contribution in [1.29, 1.82) is 0 Å². The Balaban J connectivity index is 2.26. The number of halogens is 3. The molecule has 134 valence electrons. The quantitative estimate of drug-likeness (QED) is 0.448. The topological polar surface area (TPSA) is 44.1 Å². The number of ether oxygens (including phenoxy) is 1. The van der Waals surface area contributed by atoms with E-state index in [-0.39, 0.29) is 12.3 Å². The fourth-order valence-corrected chi connectivity index (χ4v) is 3.54. The van der Waals surface area contributed by atoms with Crippen molar-refractivity contribution in [3.8, 4) is 16.9 Å². The number of benzene rings is 2. The molecule has 0 aliphatic carbocycles. The monoisotopic (exact) mass is 452 g/mol. The van der Waals surface area contributed by atoms with E-state index in [1.165, 1.54) is 0 Å². The second kappa shape index (κ2) is 7.82. The minimum atomic E-state index is -0.466. The summed E-state index contributed by atoms with van der Waals surface area (Å²) in [5, 5.41) is 5.63. The molecule has 3 aromatic rings. The van der Waals surface area contributed by atoms with Gasteiger partial charge in [-0.25, -0.2) is 9.48 Å². The van der Waals surface area contributed by atoms with Gasteiger partial charge in [0.05, 0.1) is 23.0 Å². The van der Waals surface area contributed by atoms with E-state index >= 15 is 0 Å². The molecular weight excluding hydrogens is 439 g/mol. The lowest BCUT2D eigenvalue weighted by Crippen LogP contribution is -2.08. The standard InChI is InChI=1S/C19H15BrCl2N2O2/c1-3-26-19(25)17-11(2)18(12-4-7-14(21)8-5-12)24(23-17)16-9-6-13(20)10-15(16)22/h4-10H,3H2,1-2H3. The molecule has 1 heterocycles. The summed E-state index contributed by atoms with van der Waals surface area (Å²) in [6, 6.07) is 12.8. The SMILES string of the molecule is CCOC(=O)c1nn(-c2ccc(Br)cc2Cl)c(-c2ccc(Cl)cc2)c1C. The highest BCUT2D eigenvalue weighted by Crippen LogP contribution is 2.33. The van der Waals surface area contributed by atoms with Crippen molar-refractivity contribution in [3.05, 3.63) is 68.2 Å². The first kappa shape index (κ1) is 19.0. The minimum Gasteiger partial charge on any atom is -0.461 e. The lowest BCUT2D eigenvalue weighted by Gasteiger charge is -2.11. The van der Waals surface area contributed by atoms with Crippen LogP contribution in [0, 0.1) is 6.92 Å². The van der Waals surface area contributed by atoms with Gasteiger partial charge >= 0.3 is 5.97 Å². The second-order valence-electron chi connectivity index (χ2n) is 5.56. The van der Waals surface area contributed by atoms with Crippen molar-refractivity contribution < 1.29 is 9.53 Å². The molecule has 4 nitrogen and oxygen atoms in total. The highest BCUT2D eigenvalue weighted by molar-refractivity contribution is 9.10. The van der Waals surface area contributed by atoms with E-state index in [1.807, 2.05) is 31.2 Å². The molecule has 0 fully saturated rings. The molecule has 1 aromatic heterocycles. The Morgan fingerprint density at radius 2 is 1.88 bits per heavy atom. The number of carbonyl (C=O) groups is 1. The molecule has 3 rings (SSSR count). The van der Waals surface area contributed by atoms with Crippen molar-refractivity contribution >= 4 is 45.1 Å². The summed E-state index contributed by atoms with van der Waals surface area (Å²) in [5.41, 5.74) is 3.27. The predicted octanol–water partition coefficient (Wildman–Crippen LogP) is 6.09. The summed E-state index contributed by atoms with van der Waals surface area (Å²) in [7, 11) is 0. The van der Waals surface area contributed by atoms with Crippen molar-refractivity contribution in [3.63, 3.8) is 0 Å². The maximum absolute atomic E-state index is 12.3. The van der Waals surface area contributed by atoms with Gasteiger partial charge in [0.2, 0.25) is 0 Å². The van der Waals surface area contributed by atoms with Crippen LogP contribution >= 0.6 is 39.1 Å². The fourth-order valence-electron chi connectivity index (χ4n) is 2.66. The van der Waals surface area contributed by atoms with Gasteiger partial charge in [-0.3, -0.25) is 0 Å². The second-order valence-corrected chi connectivity index (χ2v) is 7.32. The van der Waals surface area contributed by atoms with Crippen LogP contribution in [0.3, 0.4) is 0 Å². The average molecular weight is 454 g/mol. The van der Waals surface area contributed by atoms with E-state index in [1.54, 1.807) is 29.8 Å². The normalized spacial score (nSPS) is 10.8. The van der Waals surface area contributed by atoms with Crippen LogP contribution in [0.1, 0.15) is 23.0 Å². The molecule has 0 radical (unpaired) electrons. The van der Waals surface area contributed by atoms with Crippen molar-refractivity contribution in [2.75, 3.05) is 6.61 Å². The smallest absolute Gasteiger partial charge is 0.359 e. The molecule has 0 unspecified atom stereocenters. The van der Waals surface area contributed by atoms with E-state index in [2.05, 4.69) is 21.0 Å². The van der Waals surface area contributed by atoms with Crippen LogP contribution in [0.2, 0.25) is 10.0 Å². The summed E-state index contributed by atoms with van der Waals surface area (Å²) in [6.07, 6.45) is 0. The van der Waals surface area contributed by atoms with Gasteiger partial charge in [-0.1, -0.05) is 51.3 Å². The van der Waals surface area contributed by atoms with Crippen LogP contribution in [0.4, 0.5) is 0 Å². The van der Waals surface area contributed by atoms with Gasteiger partial charge in [-0.05, 0) is 44.2 Å². The van der Waals surface area contributed by atoms with Crippen molar-refractivity contribution in [2.24, 2.45) is 0 Å². The summed E-state index contributed by atoms with van der Waals surface area (Å²) < 4.78 is 7.66. The number of nitrogens with zero attached hydrogens (tertiary/aromatic N) is 2. The van der Waals surface area contributed by atoms with Gasteiger partial charge in [0, 0.05) is 20.6 Å². The van der Waals surface area contributed by atoms with E-state index in [4.69, 9.17) is 27.9 Å². The van der Waals surface area contributed by atoms with Gasteiger partial charge in [-0.2, -0.15) is 5.10 Å². The Hall–Kier alpha value is -1.82. The predicted molar refractivity (Wildman–Crippen MR) is 107 cm³/mol. The summed E-state index contributed by atoms with van der Waals surface area (Å²) >= 11 is 15.8. The molecule has 26 heavy (non-hydrogen) atoms. The average Bonchev–Trinajstić information content (AvgIpc) is 2.93. The Labute approximate surface area is 169 Å². The van der Waals surface area contributed by atoms with Crippen molar-refractivity contribution in [2.45, 2.75) is 13.8 Å². The lowest BCUT2D eigenvalue weighted by molar-refractivity contribution is 0.0518. The number of hydrogen-bond donors (Lipinski definition) is 0. The van der Waals surface area contributed by atoms with Gasteiger partial charge in [0.15, 0.2) is 5.69 Å². The van der Waals surface area contributed by atoms with E-state index in [0.717, 1.165) is 15.7 Å². The number of esters is 1. The maximum Gasteiger partial charge on any atom is 0.359 e. The third kappa shape index (κ3) is 3.65. The lowest BCUT2D eigenvalue weighted by atomic mass is 10.1. The van der Waals surface area contributed by atoms with Gasteiger partial charge in [-0.15, -0.1) is 0 Å². The minimum absolute atomic E-state index is 0.260. The Morgan fingerprint density at radius 3 is 2.50 bits per heavy atom. The molecule has 0 aliphatic rings. The molecule has 2 aromatic carbocycles. The Bertz CT molecular complexity index is 968. The third-order valence-electron chi connectivity index (χ3n) is 3.85. The van der Waals surface area contributed by atoms with Crippen LogP contribution in [0.5, 0.6) is 0 Å². The summed E-state index contributed by atoms with van der Waals surface area (Å²) in [4.78, 5) is 12.3. The molecule has 7 heteroatoms. The van der Waals surface area contributed by atoms with Crippen LogP contribution in [0.15, 0.2) is 46.9 Å². The van der Waals surface area contributed by atoms with Gasteiger partial charge in [0.25, 0.3) is 0 Å². The van der Waals surface area contributed by atoms with E-state index in [0.29, 0.717) is 21.3 Å². The van der Waals surface area contributed by atoms with Crippen LogP contribution in [-0.2, 0) is 4.74 Å². The maximum atomic E-state index is 12.3. The Morgan fingerprint density at radius 1 is 1.19 bits per heavy atom.